The fourth-order valence-corrected chi connectivity index (χ4v) is 6.31. The van der Waals surface area contributed by atoms with Crippen molar-refractivity contribution in [3.05, 3.63) is 94.0 Å². The second kappa shape index (κ2) is 10.8. The second-order valence-corrected chi connectivity index (χ2v) is 11.0. The standard InChI is InChI=1S/C30H33Cl2N3O/c1-22-12-14-30(15-13-22,35-18-16-34(17-19-35)26-8-3-2-4-9-26)23-6-5-7-25(20-23)33-29(36)27-11-10-24(31)21-28(27)32/h2-11,20-22H,12-19H2,1H3,(H,33,36)/t22-,30-. The van der Waals surface area contributed by atoms with Crippen LogP contribution in [0.4, 0.5) is 11.4 Å². The van der Waals surface area contributed by atoms with E-state index in [9.17, 15) is 4.79 Å². The predicted octanol–water partition coefficient (Wildman–Crippen LogP) is 7.47. The van der Waals surface area contributed by atoms with Gasteiger partial charge in [-0.05, 0) is 79.6 Å². The first-order valence-corrected chi connectivity index (χ1v) is 13.6. The molecule has 1 heterocycles. The van der Waals surface area contributed by atoms with E-state index in [4.69, 9.17) is 23.2 Å². The van der Waals surface area contributed by atoms with Crippen molar-refractivity contribution in [3.8, 4) is 0 Å². The van der Waals surface area contributed by atoms with E-state index in [1.54, 1.807) is 18.2 Å². The zero-order valence-corrected chi connectivity index (χ0v) is 22.2. The minimum atomic E-state index is -0.225. The molecule has 0 radical (unpaired) electrons. The minimum absolute atomic E-state index is 0.00601. The molecule has 4 nitrogen and oxygen atoms in total. The molecule has 1 amide bonds. The van der Waals surface area contributed by atoms with Crippen molar-refractivity contribution in [2.24, 2.45) is 5.92 Å². The summed E-state index contributed by atoms with van der Waals surface area (Å²) >= 11 is 12.3. The van der Waals surface area contributed by atoms with Crippen LogP contribution in [-0.2, 0) is 5.54 Å². The third kappa shape index (κ3) is 5.27. The Hall–Kier alpha value is -2.53. The van der Waals surface area contributed by atoms with E-state index in [0.717, 1.165) is 50.6 Å². The number of nitrogens with one attached hydrogen (secondary N) is 1. The average molecular weight is 523 g/mol. The smallest absolute Gasteiger partial charge is 0.257 e. The molecule has 0 spiro atoms. The highest BCUT2D eigenvalue weighted by atomic mass is 35.5. The number of para-hydroxylation sites is 1. The molecule has 0 aromatic heterocycles. The number of piperazine rings is 1. The maximum atomic E-state index is 13.0. The molecule has 1 N–H and O–H groups in total. The van der Waals surface area contributed by atoms with Gasteiger partial charge in [0.05, 0.1) is 10.6 Å². The summed E-state index contributed by atoms with van der Waals surface area (Å²) < 4.78 is 0. The van der Waals surface area contributed by atoms with Gasteiger partial charge >= 0.3 is 0 Å². The zero-order chi connectivity index (χ0) is 25.1. The van der Waals surface area contributed by atoms with Gasteiger partial charge in [0.25, 0.3) is 5.91 Å². The highest BCUT2D eigenvalue weighted by molar-refractivity contribution is 6.37. The zero-order valence-electron chi connectivity index (χ0n) is 20.7. The molecule has 3 aromatic carbocycles. The average Bonchev–Trinajstić information content (AvgIpc) is 2.90. The molecule has 0 bridgehead atoms. The molecule has 0 unspecified atom stereocenters. The normalized spacial score (nSPS) is 22.9. The fraction of sp³-hybridized carbons (Fsp3) is 0.367. The first kappa shape index (κ1) is 25.1. The van der Waals surface area contributed by atoms with E-state index in [1.165, 1.54) is 24.1 Å². The van der Waals surface area contributed by atoms with Crippen LogP contribution in [0.25, 0.3) is 0 Å². The molecule has 1 saturated carbocycles. The number of carbonyl (C=O) groups is 1. The van der Waals surface area contributed by atoms with Gasteiger partial charge in [0, 0.05) is 48.1 Å². The van der Waals surface area contributed by atoms with E-state index in [0.29, 0.717) is 15.6 Å². The van der Waals surface area contributed by atoms with Crippen molar-refractivity contribution in [3.63, 3.8) is 0 Å². The molecule has 5 rings (SSSR count). The molecule has 2 aliphatic rings. The second-order valence-electron chi connectivity index (χ2n) is 10.2. The summed E-state index contributed by atoms with van der Waals surface area (Å²) in [4.78, 5) is 18.2. The summed E-state index contributed by atoms with van der Waals surface area (Å²) in [5, 5.41) is 3.93. The Morgan fingerprint density at radius 1 is 0.889 bits per heavy atom. The minimum Gasteiger partial charge on any atom is -0.369 e. The van der Waals surface area contributed by atoms with Crippen molar-refractivity contribution in [1.29, 1.82) is 0 Å². The van der Waals surface area contributed by atoms with E-state index in [2.05, 4.69) is 70.6 Å². The van der Waals surface area contributed by atoms with Gasteiger partial charge < -0.3 is 10.2 Å². The van der Waals surface area contributed by atoms with Gasteiger partial charge in [-0.3, -0.25) is 9.69 Å². The molecular weight excluding hydrogens is 489 g/mol. The summed E-state index contributed by atoms with van der Waals surface area (Å²) in [5.74, 6) is 0.523. The first-order valence-electron chi connectivity index (χ1n) is 12.9. The Morgan fingerprint density at radius 2 is 1.61 bits per heavy atom. The Morgan fingerprint density at radius 3 is 2.31 bits per heavy atom. The fourth-order valence-electron chi connectivity index (χ4n) is 5.82. The van der Waals surface area contributed by atoms with Crippen molar-refractivity contribution < 1.29 is 4.79 Å². The molecule has 6 heteroatoms. The Balaban J connectivity index is 1.37. The lowest BCUT2D eigenvalue weighted by Crippen LogP contribution is -2.56. The highest BCUT2D eigenvalue weighted by Gasteiger charge is 2.42. The lowest BCUT2D eigenvalue weighted by Gasteiger charge is -2.51. The molecule has 0 atom stereocenters. The van der Waals surface area contributed by atoms with Crippen molar-refractivity contribution in [1.82, 2.24) is 4.90 Å². The largest absolute Gasteiger partial charge is 0.369 e. The molecule has 3 aromatic rings. The van der Waals surface area contributed by atoms with Crippen LogP contribution in [0.1, 0.15) is 48.5 Å². The monoisotopic (exact) mass is 521 g/mol. The number of halogens is 2. The van der Waals surface area contributed by atoms with Crippen LogP contribution in [0.15, 0.2) is 72.8 Å². The van der Waals surface area contributed by atoms with E-state index < -0.39 is 0 Å². The number of hydrogen-bond acceptors (Lipinski definition) is 3. The first-order chi connectivity index (χ1) is 17.4. The van der Waals surface area contributed by atoms with Gasteiger partial charge in [-0.25, -0.2) is 0 Å². The van der Waals surface area contributed by atoms with Crippen LogP contribution in [0, 0.1) is 5.92 Å². The summed E-state index contributed by atoms with van der Waals surface area (Å²) in [6.07, 6.45) is 4.71. The van der Waals surface area contributed by atoms with Crippen LogP contribution in [0.5, 0.6) is 0 Å². The molecule has 1 aliphatic heterocycles. The number of amides is 1. The number of benzene rings is 3. The third-order valence-corrected chi connectivity index (χ3v) is 8.49. The third-order valence-electron chi connectivity index (χ3n) is 7.94. The van der Waals surface area contributed by atoms with Crippen LogP contribution in [-0.4, -0.2) is 37.0 Å². The quantitative estimate of drug-likeness (QED) is 0.378. The van der Waals surface area contributed by atoms with E-state index in [-0.39, 0.29) is 11.4 Å². The topological polar surface area (TPSA) is 35.6 Å². The van der Waals surface area contributed by atoms with Crippen LogP contribution in [0.3, 0.4) is 0 Å². The highest BCUT2D eigenvalue weighted by Crippen LogP contribution is 2.45. The van der Waals surface area contributed by atoms with Crippen LogP contribution in [0.2, 0.25) is 10.0 Å². The maximum absolute atomic E-state index is 13.0. The number of nitrogens with zero attached hydrogens (tertiary/aromatic N) is 2. The number of carbonyl (C=O) groups excluding carboxylic acids is 1. The number of hydrogen-bond donors (Lipinski definition) is 1. The number of anilines is 2. The lowest BCUT2D eigenvalue weighted by molar-refractivity contribution is 0.0299. The molecule has 188 valence electrons. The molecule has 2 fully saturated rings. The van der Waals surface area contributed by atoms with Crippen molar-refractivity contribution in [2.45, 2.75) is 38.1 Å². The van der Waals surface area contributed by atoms with E-state index >= 15 is 0 Å². The SMILES string of the molecule is C[C@H]1CC[C@](c2cccc(NC(=O)c3ccc(Cl)cc3Cl)c2)(N2CCN(c3ccccc3)CC2)CC1. The lowest BCUT2D eigenvalue weighted by atomic mass is 9.71. The van der Waals surface area contributed by atoms with E-state index in [1.807, 2.05) is 6.07 Å². The molecule has 1 aliphatic carbocycles. The van der Waals surface area contributed by atoms with Gasteiger partial charge in [0.1, 0.15) is 0 Å². The molecule has 36 heavy (non-hydrogen) atoms. The molecular formula is C30H33Cl2N3O. The van der Waals surface area contributed by atoms with Gasteiger partial charge in [0.2, 0.25) is 0 Å². The summed E-state index contributed by atoms with van der Waals surface area (Å²) in [6.45, 7) is 6.46. The Bertz CT molecular complexity index is 1200. The van der Waals surface area contributed by atoms with Gasteiger partial charge in [-0.2, -0.15) is 0 Å². The van der Waals surface area contributed by atoms with Crippen LogP contribution < -0.4 is 10.2 Å². The Kier molecular flexibility index (Phi) is 7.57. The Labute approximate surface area is 224 Å². The number of rotatable bonds is 5. The summed E-state index contributed by atoms with van der Waals surface area (Å²) in [7, 11) is 0. The van der Waals surface area contributed by atoms with Crippen molar-refractivity contribution >= 4 is 40.5 Å². The predicted molar refractivity (Wildman–Crippen MR) is 150 cm³/mol. The maximum Gasteiger partial charge on any atom is 0.257 e. The molecule has 1 saturated heterocycles. The summed E-state index contributed by atoms with van der Waals surface area (Å²) in [5.41, 5.74) is 3.80. The van der Waals surface area contributed by atoms with Crippen molar-refractivity contribution in [2.75, 3.05) is 36.4 Å². The van der Waals surface area contributed by atoms with Gasteiger partial charge in [-0.1, -0.05) is 60.5 Å². The van der Waals surface area contributed by atoms with Gasteiger partial charge in [-0.15, -0.1) is 0 Å². The van der Waals surface area contributed by atoms with Gasteiger partial charge in [0.15, 0.2) is 0 Å². The van der Waals surface area contributed by atoms with Crippen LogP contribution >= 0.6 is 23.2 Å². The summed E-state index contributed by atoms with van der Waals surface area (Å²) in [6, 6.07) is 24.1.